The molecule has 1 fully saturated rings. The second kappa shape index (κ2) is 6.43. The van der Waals surface area contributed by atoms with E-state index in [1.165, 1.54) is 24.9 Å². The standard InChI is InChI=1S/C13H15BrN2O5S/c1-5(17)10-7-3-8(22-9(14)4-15-6(2)18)11(13(20)21)16(7)12(10)19/h4-5,7,10,17H,3H2,1-2H3,(H,15,18)(H,20,21)/b9-4+/t5-,7+,10+/m0/s1. The Kier molecular flexibility index (Phi) is 4.98. The first-order valence-electron chi connectivity index (χ1n) is 6.52. The summed E-state index contributed by atoms with van der Waals surface area (Å²) in [5.41, 5.74) is -0.0509. The second-order valence-electron chi connectivity index (χ2n) is 5.07. The van der Waals surface area contributed by atoms with Crippen molar-refractivity contribution in [3.05, 3.63) is 20.6 Å². The molecule has 2 aliphatic heterocycles. The van der Waals surface area contributed by atoms with E-state index in [0.29, 0.717) is 15.1 Å². The fourth-order valence-corrected chi connectivity index (χ4v) is 4.22. The van der Waals surface area contributed by atoms with Crippen LogP contribution in [-0.4, -0.2) is 45.0 Å². The highest BCUT2D eigenvalue weighted by molar-refractivity contribution is 9.14. The maximum absolute atomic E-state index is 12.0. The van der Waals surface area contributed by atoms with Crippen LogP contribution in [0.4, 0.5) is 0 Å². The lowest BCUT2D eigenvalue weighted by Crippen LogP contribution is -2.61. The van der Waals surface area contributed by atoms with Gasteiger partial charge in [-0.25, -0.2) is 4.79 Å². The Bertz CT molecular complexity index is 601. The number of carbonyl (C=O) groups is 3. The number of carbonyl (C=O) groups excluding carboxylic acids is 2. The highest BCUT2D eigenvalue weighted by atomic mass is 79.9. The molecule has 7 nitrogen and oxygen atoms in total. The molecule has 2 amide bonds. The molecule has 0 unspecified atom stereocenters. The number of amides is 2. The molecule has 0 aromatic rings. The zero-order chi connectivity index (χ0) is 16.6. The number of rotatable bonds is 5. The van der Waals surface area contributed by atoms with E-state index in [-0.39, 0.29) is 23.6 Å². The minimum absolute atomic E-state index is 0.0509. The fourth-order valence-electron chi connectivity index (χ4n) is 2.63. The smallest absolute Gasteiger partial charge is 0.353 e. The lowest BCUT2D eigenvalue weighted by Gasteiger charge is -2.44. The van der Waals surface area contributed by atoms with Crippen molar-refractivity contribution >= 4 is 45.5 Å². The predicted octanol–water partition coefficient (Wildman–Crippen LogP) is 0.957. The topological polar surface area (TPSA) is 107 Å². The van der Waals surface area contributed by atoms with Crippen molar-refractivity contribution < 1.29 is 24.6 Å². The monoisotopic (exact) mass is 390 g/mol. The van der Waals surface area contributed by atoms with Crippen molar-refractivity contribution in [3.8, 4) is 0 Å². The van der Waals surface area contributed by atoms with Crippen LogP contribution in [0.5, 0.6) is 0 Å². The molecule has 2 heterocycles. The molecule has 0 radical (unpaired) electrons. The van der Waals surface area contributed by atoms with Crippen molar-refractivity contribution in [3.63, 3.8) is 0 Å². The molecule has 22 heavy (non-hydrogen) atoms. The molecule has 0 spiro atoms. The van der Waals surface area contributed by atoms with Crippen LogP contribution in [0.2, 0.25) is 0 Å². The largest absolute Gasteiger partial charge is 0.477 e. The van der Waals surface area contributed by atoms with E-state index in [2.05, 4.69) is 21.2 Å². The first kappa shape index (κ1) is 17.0. The van der Waals surface area contributed by atoms with Gasteiger partial charge in [0.15, 0.2) is 0 Å². The van der Waals surface area contributed by atoms with E-state index in [0.717, 1.165) is 11.8 Å². The van der Waals surface area contributed by atoms with E-state index in [4.69, 9.17) is 0 Å². The number of carboxylic acids is 1. The molecule has 120 valence electrons. The quantitative estimate of drug-likeness (QED) is 0.603. The van der Waals surface area contributed by atoms with E-state index >= 15 is 0 Å². The average molecular weight is 391 g/mol. The lowest BCUT2D eigenvalue weighted by molar-refractivity contribution is -0.161. The van der Waals surface area contributed by atoms with Crippen LogP contribution in [0.15, 0.2) is 20.6 Å². The Labute approximate surface area is 139 Å². The molecule has 0 bridgehead atoms. The molecule has 3 N–H and O–H groups in total. The first-order valence-corrected chi connectivity index (χ1v) is 8.13. The number of hydrogen-bond acceptors (Lipinski definition) is 5. The Morgan fingerprint density at radius 2 is 2.18 bits per heavy atom. The molecule has 3 atom stereocenters. The minimum Gasteiger partial charge on any atom is -0.477 e. The SMILES string of the molecule is CC(=O)N/C=C(\Br)SC1=C(C(=O)O)N2C(=O)[C@H]([C@H](C)O)[C@H]2C1. The predicted molar refractivity (Wildman–Crippen MR) is 83.5 cm³/mol. The van der Waals surface area contributed by atoms with Crippen LogP contribution in [0.1, 0.15) is 20.3 Å². The molecule has 2 rings (SSSR count). The van der Waals surface area contributed by atoms with Gasteiger partial charge < -0.3 is 20.4 Å². The van der Waals surface area contributed by atoms with Crippen LogP contribution in [-0.2, 0) is 14.4 Å². The Hall–Kier alpha value is -1.32. The van der Waals surface area contributed by atoms with Crippen LogP contribution in [0.3, 0.4) is 0 Å². The van der Waals surface area contributed by atoms with Crippen molar-refractivity contribution in [1.29, 1.82) is 0 Å². The summed E-state index contributed by atoms with van der Waals surface area (Å²) in [5, 5.41) is 21.5. The summed E-state index contributed by atoms with van der Waals surface area (Å²) in [6.45, 7) is 2.88. The lowest BCUT2D eigenvalue weighted by atomic mass is 9.83. The normalized spacial score (nSPS) is 25.7. The number of nitrogens with zero attached hydrogens (tertiary/aromatic N) is 1. The molecular weight excluding hydrogens is 376 g/mol. The maximum atomic E-state index is 12.0. The Morgan fingerprint density at radius 3 is 2.68 bits per heavy atom. The highest BCUT2D eigenvalue weighted by Gasteiger charge is 2.56. The first-order chi connectivity index (χ1) is 10.2. The van der Waals surface area contributed by atoms with Crippen molar-refractivity contribution in [2.24, 2.45) is 5.92 Å². The number of halogens is 1. The third kappa shape index (κ3) is 3.06. The van der Waals surface area contributed by atoms with E-state index in [1.807, 2.05) is 0 Å². The van der Waals surface area contributed by atoms with Gasteiger partial charge >= 0.3 is 5.97 Å². The van der Waals surface area contributed by atoms with Crippen LogP contribution >= 0.6 is 27.7 Å². The van der Waals surface area contributed by atoms with Crippen LogP contribution in [0, 0.1) is 5.92 Å². The number of hydrogen-bond donors (Lipinski definition) is 3. The van der Waals surface area contributed by atoms with E-state index in [1.54, 1.807) is 0 Å². The van der Waals surface area contributed by atoms with Crippen LogP contribution in [0.25, 0.3) is 0 Å². The zero-order valence-corrected chi connectivity index (χ0v) is 14.3. The number of aliphatic carboxylic acids is 1. The Balaban J connectivity index is 2.20. The summed E-state index contributed by atoms with van der Waals surface area (Å²) in [6.07, 6.45) is 0.978. The number of aliphatic hydroxyl groups is 1. The summed E-state index contributed by atoms with van der Waals surface area (Å²) in [5.74, 6) is -2.35. The van der Waals surface area contributed by atoms with Gasteiger partial charge in [-0.1, -0.05) is 11.8 Å². The molecule has 2 aliphatic rings. The molecule has 0 aromatic carbocycles. The van der Waals surface area contributed by atoms with Gasteiger partial charge in [-0.2, -0.15) is 0 Å². The molecular formula is C13H15BrN2O5S. The summed E-state index contributed by atoms with van der Waals surface area (Å²) >= 11 is 4.38. The third-order valence-corrected chi connectivity index (χ3v) is 5.13. The van der Waals surface area contributed by atoms with Gasteiger partial charge in [0.2, 0.25) is 11.8 Å². The summed E-state index contributed by atoms with van der Waals surface area (Å²) in [6, 6.07) is -0.317. The molecule has 0 aromatic heterocycles. The van der Waals surface area contributed by atoms with Crippen molar-refractivity contribution in [2.45, 2.75) is 32.4 Å². The number of carboxylic acid groups (broad SMARTS) is 1. The number of aliphatic hydroxyl groups excluding tert-OH is 1. The Morgan fingerprint density at radius 1 is 1.55 bits per heavy atom. The van der Waals surface area contributed by atoms with E-state index in [9.17, 15) is 24.6 Å². The minimum atomic E-state index is -1.18. The molecule has 9 heteroatoms. The number of nitrogens with one attached hydrogen (secondary N) is 1. The third-order valence-electron chi connectivity index (χ3n) is 3.50. The summed E-state index contributed by atoms with van der Waals surface area (Å²) in [4.78, 5) is 36.1. The van der Waals surface area contributed by atoms with Gasteiger partial charge in [0.05, 0.1) is 21.9 Å². The molecule has 1 saturated heterocycles. The maximum Gasteiger partial charge on any atom is 0.353 e. The average Bonchev–Trinajstić information content (AvgIpc) is 2.70. The zero-order valence-electron chi connectivity index (χ0n) is 11.9. The number of thioether (sulfide) groups is 1. The van der Waals surface area contributed by atoms with Gasteiger partial charge in [0, 0.05) is 24.4 Å². The van der Waals surface area contributed by atoms with Gasteiger partial charge in [0.25, 0.3) is 0 Å². The molecule has 0 saturated carbocycles. The number of fused-ring (bicyclic) bond motifs is 1. The van der Waals surface area contributed by atoms with Gasteiger partial charge in [-0.05, 0) is 22.9 Å². The number of β-lactam (4-membered cyclic amide) rings is 1. The van der Waals surface area contributed by atoms with Gasteiger partial charge in [-0.3, -0.25) is 9.59 Å². The summed E-state index contributed by atoms with van der Waals surface area (Å²) < 4.78 is 0.528. The van der Waals surface area contributed by atoms with Gasteiger partial charge in [-0.15, -0.1) is 0 Å². The summed E-state index contributed by atoms with van der Waals surface area (Å²) in [7, 11) is 0. The molecule has 0 aliphatic carbocycles. The van der Waals surface area contributed by atoms with Crippen molar-refractivity contribution in [2.75, 3.05) is 0 Å². The van der Waals surface area contributed by atoms with Gasteiger partial charge in [0.1, 0.15) is 5.70 Å². The van der Waals surface area contributed by atoms with Crippen molar-refractivity contribution in [1.82, 2.24) is 10.2 Å². The second-order valence-corrected chi connectivity index (χ2v) is 7.59. The highest BCUT2D eigenvalue weighted by Crippen LogP contribution is 2.49. The van der Waals surface area contributed by atoms with E-state index < -0.39 is 18.0 Å². The van der Waals surface area contributed by atoms with Crippen LogP contribution < -0.4 is 5.32 Å². The fraction of sp³-hybridized carbons (Fsp3) is 0.462.